The van der Waals surface area contributed by atoms with Gasteiger partial charge >= 0.3 is 5.97 Å². The number of piperidine rings is 1. The molecule has 2 aliphatic rings. The molecule has 0 N–H and O–H groups in total. The molecule has 2 aromatic rings. The highest BCUT2D eigenvalue weighted by Crippen LogP contribution is 2.36. The Hall–Kier alpha value is -2.82. The lowest BCUT2D eigenvalue weighted by molar-refractivity contribution is -0.151. The first-order valence-electron chi connectivity index (χ1n) is 11.0. The van der Waals surface area contributed by atoms with Crippen molar-refractivity contribution in [2.75, 3.05) is 31.1 Å². The highest BCUT2D eigenvalue weighted by Gasteiger charge is 2.28. The number of nitrogens with zero attached hydrogens (tertiary/aromatic N) is 2. The molecule has 5 heteroatoms. The molecule has 0 aliphatic carbocycles. The van der Waals surface area contributed by atoms with Gasteiger partial charge in [0, 0.05) is 37.4 Å². The van der Waals surface area contributed by atoms with Crippen LogP contribution in [-0.4, -0.2) is 43.0 Å². The normalized spacial score (nSPS) is 16.4. The molecule has 4 rings (SSSR count). The van der Waals surface area contributed by atoms with Crippen LogP contribution in [0.4, 0.5) is 11.4 Å². The van der Waals surface area contributed by atoms with Gasteiger partial charge in [-0.2, -0.15) is 0 Å². The Morgan fingerprint density at radius 2 is 1.50 bits per heavy atom. The summed E-state index contributed by atoms with van der Waals surface area (Å²) < 4.78 is 5.13. The van der Waals surface area contributed by atoms with Gasteiger partial charge in [-0.25, -0.2) is 0 Å². The molecule has 0 bridgehead atoms. The minimum absolute atomic E-state index is 0.0710. The fraction of sp³-hybridized carbons (Fsp3) is 0.440. The van der Waals surface area contributed by atoms with Crippen molar-refractivity contribution in [3.63, 3.8) is 0 Å². The second-order valence-corrected chi connectivity index (χ2v) is 8.07. The lowest BCUT2D eigenvalue weighted by Crippen LogP contribution is -2.41. The summed E-state index contributed by atoms with van der Waals surface area (Å²) in [6, 6.07) is 17.0. The Bertz CT molecular complexity index is 855. The number of benzene rings is 2. The van der Waals surface area contributed by atoms with Gasteiger partial charge in [0.05, 0.1) is 12.5 Å². The van der Waals surface area contributed by atoms with Crippen LogP contribution in [0.1, 0.15) is 37.3 Å². The van der Waals surface area contributed by atoms with Gasteiger partial charge in [0.15, 0.2) is 0 Å². The van der Waals surface area contributed by atoms with Crippen molar-refractivity contribution in [3.8, 4) is 0 Å². The SMILES string of the molecule is CCOC(=O)C1CCN(C(=O)CCN2c3ccccc3CCc3ccccc32)CC1. The molecule has 2 aromatic carbocycles. The summed E-state index contributed by atoms with van der Waals surface area (Å²) in [5.41, 5.74) is 5.07. The summed E-state index contributed by atoms with van der Waals surface area (Å²) in [5, 5.41) is 0. The number of carbonyl (C=O) groups excluding carboxylic acids is 2. The van der Waals surface area contributed by atoms with Crippen LogP contribution in [0.25, 0.3) is 0 Å². The number of para-hydroxylation sites is 2. The summed E-state index contributed by atoms with van der Waals surface area (Å²) in [6.07, 6.45) is 3.88. The van der Waals surface area contributed by atoms with Gasteiger partial charge in [0.2, 0.25) is 5.91 Å². The summed E-state index contributed by atoms with van der Waals surface area (Å²) in [5.74, 6) is -0.0303. The number of ether oxygens (including phenoxy) is 1. The van der Waals surface area contributed by atoms with Crippen LogP contribution in [0.2, 0.25) is 0 Å². The number of hydrogen-bond acceptors (Lipinski definition) is 4. The third-order valence-electron chi connectivity index (χ3n) is 6.25. The van der Waals surface area contributed by atoms with Crippen LogP contribution in [0.5, 0.6) is 0 Å². The average Bonchev–Trinajstić information content (AvgIpc) is 2.94. The average molecular weight is 407 g/mol. The minimum atomic E-state index is -0.123. The van der Waals surface area contributed by atoms with Crippen LogP contribution in [-0.2, 0) is 27.2 Å². The van der Waals surface area contributed by atoms with E-state index in [2.05, 4.69) is 53.4 Å². The second-order valence-electron chi connectivity index (χ2n) is 8.07. The van der Waals surface area contributed by atoms with Gasteiger partial charge in [0.25, 0.3) is 0 Å². The van der Waals surface area contributed by atoms with Crippen molar-refractivity contribution >= 4 is 23.3 Å². The number of carbonyl (C=O) groups is 2. The summed E-state index contributed by atoms with van der Waals surface area (Å²) >= 11 is 0. The fourth-order valence-corrected chi connectivity index (χ4v) is 4.60. The Morgan fingerprint density at radius 3 is 2.07 bits per heavy atom. The maximum Gasteiger partial charge on any atom is 0.309 e. The maximum atomic E-state index is 12.9. The number of esters is 1. The lowest BCUT2D eigenvalue weighted by atomic mass is 9.97. The molecule has 0 spiro atoms. The molecule has 0 unspecified atom stereocenters. The molecule has 0 aromatic heterocycles. The van der Waals surface area contributed by atoms with Crippen molar-refractivity contribution in [1.82, 2.24) is 4.90 Å². The second kappa shape index (κ2) is 9.33. The van der Waals surface area contributed by atoms with Crippen LogP contribution in [0.3, 0.4) is 0 Å². The van der Waals surface area contributed by atoms with E-state index in [1.54, 1.807) is 0 Å². The molecule has 5 nitrogen and oxygen atoms in total. The van der Waals surface area contributed by atoms with E-state index in [0.29, 0.717) is 45.5 Å². The fourth-order valence-electron chi connectivity index (χ4n) is 4.60. The standard InChI is InChI=1S/C25H30N2O3/c1-2-30-25(29)21-13-16-26(17-14-21)24(28)15-18-27-22-9-5-3-7-19(22)11-12-20-8-4-6-10-23(20)27/h3-10,21H,2,11-18H2,1H3. The smallest absolute Gasteiger partial charge is 0.309 e. The van der Waals surface area contributed by atoms with E-state index in [4.69, 9.17) is 4.74 Å². The van der Waals surface area contributed by atoms with E-state index in [9.17, 15) is 9.59 Å². The van der Waals surface area contributed by atoms with E-state index >= 15 is 0 Å². The lowest BCUT2D eigenvalue weighted by Gasteiger charge is -2.32. The van der Waals surface area contributed by atoms with Crippen molar-refractivity contribution in [2.45, 2.75) is 39.0 Å². The molecule has 30 heavy (non-hydrogen) atoms. The Morgan fingerprint density at radius 1 is 0.933 bits per heavy atom. The Balaban J connectivity index is 1.43. The first-order valence-corrected chi connectivity index (χ1v) is 11.0. The highest BCUT2D eigenvalue weighted by molar-refractivity contribution is 5.79. The third kappa shape index (κ3) is 4.35. The zero-order valence-electron chi connectivity index (χ0n) is 17.7. The quantitative estimate of drug-likeness (QED) is 0.701. The number of hydrogen-bond donors (Lipinski definition) is 0. The molecular weight excluding hydrogens is 376 g/mol. The predicted molar refractivity (Wildman–Crippen MR) is 118 cm³/mol. The van der Waals surface area contributed by atoms with Crippen molar-refractivity contribution in [1.29, 1.82) is 0 Å². The molecule has 1 fully saturated rings. The van der Waals surface area contributed by atoms with E-state index in [1.165, 1.54) is 22.5 Å². The summed E-state index contributed by atoms with van der Waals surface area (Å²) in [7, 11) is 0. The predicted octanol–water partition coefficient (Wildman–Crippen LogP) is 4.12. The first kappa shape index (κ1) is 20.5. The van der Waals surface area contributed by atoms with Crippen LogP contribution in [0, 0.1) is 5.92 Å². The number of anilines is 2. The molecule has 1 amide bonds. The van der Waals surface area contributed by atoms with Crippen molar-refractivity contribution in [3.05, 3.63) is 59.7 Å². The first-order chi connectivity index (χ1) is 14.7. The minimum Gasteiger partial charge on any atom is -0.466 e. The number of aryl methyl sites for hydroxylation is 2. The van der Waals surface area contributed by atoms with E-state index < -0.39 is 0 Å². The largest absolute Gasteiger partial charge is 0.466 e. The van der Waals surface area contributed by atoms with Crippen LogP contribution < -0.4 is 4.90 Å². The molecular formula is C25H30N2O3. The van der Waals surface area contributed by atoms with Gasteiger partial charge in [-0.3, -0.25) is 9.59 Å². The highest BCUT2D eigenvalue weighted by atomic mass is 16.5. The number of amides is 1. The molecule has 2 aliphatic heterocycles. The van der Waals surface area contributed by atoms with Gasteiger partial charge in [-0.1, -0.05) is 36.4 Å². The van der Waals surface area contributed by atoms with Gasteiger partial charge in [-0.15, -0.1) is 0 Å². The van der Waals surface area contributed by atoms with Crippen molar-refractivity contribution < 1.29 is 14.3 Å². The summed E-state index contributed by atoms with van der Waals surface area (Å²) in [6.45, 7) is 4.17. The molecule has 158 valence electrons. The van der Waals surface area contributed by atoms with Gasteiger partial charge in [0.1, 0.15) is 0 Å². The molecule has 0 atom stereocenters. The monoisotopic (exact) mass is 406 g/mol. The molecule has 0 radical (unpaired) electrons. The molecule has 1 saturated heterocycles. The van der Waals surface area contributed by atoms with Crippen LogP contribution in [0.15, 0.2) is 48.5 Å². The van der Waals surface area contributed by atoms with Crippen LogP contribution >= 0.6 is 0 Å². The maximum absolute atomic E-state index is 12.9. The Kier molecular flexibility index (Phi) is 6.36. The van der Waals surface area contributed by atoms with Gasteiger partial charge in [-0.05, 0) is 55.9 Å². The van der Waals surface area contributed by atoms with Gasteiger partial charge < -0.3 is 14.5 Å². The molecule has 2 heterocycles. The van der Waals surface area contributed by atoms with Crippen molar-refractivity contribution in [2.24, 2.45) is 5.92 Å². The van der Waals surface area contributed by atoms with E-state index in [1.807, 2.05) is 11.8 Å². The summed E-state index contributed by atoms with van der Waals surface area (Å²) in [4.78, 5) is 29.1. The number of fused-ring (bicyclic) bond motifs is 2. The molecule has 0 saturated carbocycles. The third-order valence-corrected chi connectivity index (χ3v) is 6.25. The topological polar surface area (TPSA) is 49.9 Å². The van der Waals surface area contributed by atoms with E-state index in [0.717, 1.165) is 12.8 Å². The zero-order chi connectivity index (χ0) is 20.9. The zero-order valence-corrected chi connectivity index (χ0v) is 17.7. The Labute approximate surface area is 178 Å². The number of rotatable bonds is 5. The van der Waals surface area contributed by atoms with E-state index in [-0.39, 0.29) is 17.8 Å². The number of likely N-dealkylation sites (tertiary alicyclic amines) is 1.